The van der Waals surface area contributed by atoms with Crippen LogP contribution in [-0.2, 0) is 19.1 Å². The monoisotopic (exact) mass is 562 g/mol. The fraction of sp³-hybridized carbons (Fsp3) is 0.833. The van der Waals surface area contributed by atoms with Crippen LogP contribution in [0.15, 0.2) is 24.3 Å². The molecule has 0 aliphatic carbocycles. The third kappa shape index (κ3) is 25.4. The summed E-state index contributed by atoms with van der Waals surface area (Å²) >= 11 is 0. The van der Waals surface area contributed by atoms with E-state index in [1.165, 1.54) is 141 Å². The molecule has 0 unspecified atom stereocenters. The summed E-state index contributed by atoms with van der Waals surface area (Å²) in [6, 6.07) is 0. The molecule has 0 rings (SSSR count). The highest BCUT2D eigenvalue weighted by Gasteiger charge is 2.19. The van der Waals surface area contributed by atoms with Gasteiger partial charge in [-0.15, -0.1) is 0 Å². The summed E-state index contributed by atoms with van der Waals surface area (Å²) in [5.74, 6) is -1.14. The number of hydrogen-bond acceptors (Lipinski definition) is 4. The van der Waals surface area contributed by atoms with Gasteiger partial charge in [-0.1, -0.05) is 181 Å². The van der Waals surface area contributed by atoms with Crippen LogP contribution >= 0.6 is 0 Å². The Labute approximate surface area is 249 Å². The average molecular weight is 563 g/mol. The first kappa shape index (κ1) is 38.4. The lowest BCUT2D eigenvalue weighted by Crippen LogP contribution is -2.16. The smallest absolute Gasteiger partial charge is 0.338 e. The molecule has 0 spiro atoms. The number of rotatable bonds is 31. The molecule has 0 heterocycles. The molecule has 0 saturated carbocycles. The van der Waals surface area contributed by atoms with Gasteiger partial charge >= 0.3 is 11.9 Å². The van der Waals surface area contributed by atoms with Gasteiger partial charge in [-0.3, -0.25) is 0 Å². The van der Waals surface area contributed by atoms with Gasteiger partial charge in [-0.25, -0.2) is 9.59 Å². The van der Waals surface area contributed by atoms with Crippen molar-refractivity contribution in [3.05, 3.63) is 24.3 Å². The fourth-order valence-corrected chi connectivity index (χ4v) is 4.99. The zero-order valence-electron chi connectivity index (χ0n) is 26.8. The summed E-state index contributed by atoms with van der Waals surface area (Å²) in [5, 5.41) is 0. The van der Waals surface area contributed by atoms with Crippen LogP contribution < -0.4 is 0 Å². The third-order valence-corrected chi connectivity index (χ3v) is 7.82. The summed E-state index contributed by atoms with van der Waals surface area (Å²) in [4.78, 5) is 24.4. The van der Waals surface area contributed by atoms with Crippen LogP contribution in [0.4, 0.5) is 0 Å². The highest BCUT2D eigenvalue weighted by Crippen LogP contribution is 2.15. The van der Waals surface area contributed by atoms with Gasteiger partial charge in [0, 0.05) is 0 Å². The van der Waals surface area contributed by atoms with Gasteiger partial charge in [0.2, 0.25) is 0 Å². The average Bonchev–Trinajstić information content (AvgIpc) is 2.96. The van der Waals surface area contributed by atoms with Gasteiger partial charge in [-0.05, 0) is 12.8 Å². The first-order valence-electron chi connectivity index (χ1n) is 17.3. The number of carbonyl (C=O) groups excluding carboxylic acids is 2. The Morgan fingerprint density at radius 3 is 0.800 bits per heavy atom. The molecule has 0 bridgehead atoms. The molecule has 0 aromatic heterocycles. The van der Waals surface area contributed by atoms with E-state index in [0.717, 1.165) is 25.7 Å². The van der Waals surface area contributed by atoms with Gasteiger partial charge < -0.3 is 9.47 Å². The Morgan fingerprint density at radius 1 is 0.375 bits per heavy atom. The van der Waals surface area contributed by atoms with Crippen molar-refractivity contribution >= 4 is 11.9 Å². The van der Waals surface area contributed by atoms with Crippen molar-refractivity contribution in [1.29, 1.82) is 0 Å². The molecule has 0 fully saturated rings. The Kier molecular flexibility index (Phi) is 29.2. The lowest BCUT2D eigenvalue weighted by Gasteiger charge is -2.10. The summed E-state index contributed by atoms with van der Waals surface area (Å²) in [5.41, 5.74) is 0.00798. The van der Waals surface area contributed by atoms with Crippen molar-refractivity contribution in [2.45, 2.75) is 181 Å². The van der Waals surface area contributed by atoms with E-state index in [9.17, 15) is 9.59 Å². The molecule has 0 aliphatic rings. The quantitative estimate of drug-likeness (QED) is 0.0365. The van der Waals surface area contributed by atoms with Crippen molar-refractivity contribution in [3.63, 3.8) is 0 Å². The molecule has 0 atom stereocenters. The summed E-state index contributed by atoms with van der Waals surface area (Å²) in [7, 11) is 0. The standard InChI is InChI=1S/C36H66O4/c1-5-7-9-11-13-15-17-18-19-20-21-22-24-26-28-30-32-40-36(38)34(4)33(3)35(37)39-31-29-27-25-23-16-14-12-10-8-6-2/h3-32H2,1-2H3. The maximum Gasteiger partial charge on any atom is 0.338 e. The minimum atomic E-state index is -0.569. The molecule has 0 radical (unpaired) electrons. The van der Waals surface area contributed by atoms with Gasteiger partial charge in [0.25, 0.3) is 0 Å². The van der Waals surface area contributed by atoms with E-state index in [-0.39, 0.29) is 11.1 Å². The van der Waals surface area contributed by atoms with Crippen LogP contribution in [0.25, 0.3) is 0 Å². The first-order chi connectivity index (χ1) is 19.5. The molecule has 0 amide bonds. The normalized spacial score (nSPS) is 10.9. The van der Waals surface area contributed by atoms with Crippen LogP contribution in [0.1, 0.15) is 181 Å². The Hall–Kier alpha value is -1.58. The summed E-state index contributed by atoms with van der Waals surface area (Å²) < 4.78 is 10.6. The molecule has 0 N–H and O–H groups in total. The van der Waals surface area contributed by atoms with Gasteiger partial charge in [0.05, 0.1) is 24.4 Å². The van der Waals surface area contributed by atoms with Gasteiger partial charge in [-0.2, -0.15) is 0 Å². The number of hydrogen-bond donors (Lipinski definition) is 0. The Morgan fingerprint density at radius 2 is 0.575 bits per heavy atom. The number of unbranched alkanes of at least 4 members (excludes halogenated alkanes) is 24. The summed E-state index contributed by atoms with van der Waals surface area (Å²) in [6.45, 7) is 12.6. The molecule has 0 aromatic rings. The van der Waals surface area contributed by atoms with Gasteiger partial charge in [0.15, 0.2) is 0 Å². The second-order valence-electron chi connectivity index (χ2n) is 11.7. The lowest BCUT2D eigenvalue weighted by molar-refractivity contribution is -0.142. The van der Waals surface area contributed by atoms with E-state index in [2.05, 4.69) is 27.0 Å². The third-order valence-electron chi connectivity index (χ3n) is 7.82. The maximum absolute atomic E-state index is 12.2. The van der Waals surface area contributed by atoms with E-state index in [1.807, 2.05) is 0 Å². The van der Waals surface area contributed by atoms with Crippen molar-refractivity contribution in [3.8, 4) is 0 Å². The Balaban J connectivity index is 3.55. The van der Waals surface area contributed by atoms with Crippen LogP contribution in [0.5, 0.6) is 0 Å². The van der Waals surface area contributed by atoms with Crippen molar-refractivity contribution in [1.82, 2.24) is 0 Å². The predicted octanol–water partition coefficient (Wildman–Crippen LogP) is 11.4. The van der Waals surface area contributed by atoms with Crippen LogP contribution in [0.2, 0.25) is 0 Å². The Bertz CT molecular complexity index is 624. The minimum Gasteiger partial charge on any atom is -0.462 e. The van der Waals surface area contributed by atoms with Crippen molar-refractivity contribution in [2.24, 2.45) is 0 Å². The lowest BCUT2D eigenvalue weighted by atomic mass is 10.0. The second kappa shape index (κ2) is 30.4. The SMILES string of the molecule is C=C(C(=C)C(=O)OCCCCCCCCCCCCCCCCCC)C(=O)OCCCCCCCCCCCC. The largest absolute Gasteiger partial charge is 0.462 e. The van der Waals surface area contributed by atoms with Crippen LogP contribution in [0.3, 0.4) is 0 Å². The molecule has 0 saturated heterocycles. The zero-order valence-corrected chi connectivity index (χ0v) is 26.8. The molecule has 0 aromatic carbocycles. The molecule has 0 aliphatic heterocycles. The number of ether oxygens (including phenoxy) is 2. The summed E-state index contributed by atoms with van der Waals surface area (Å²) in [6.07, 6.45) is 33.2. The number of esters is 2. The van der Waals surface area contributed by atoms with Crippen molar-refractivity contribution < 1.29 is 19.1 Å². The van der Waals surface area contributed by atoms with Crippen LogP contribution in [0, 0.1) is 0 Å². The second-order valence-corrected chi connectivity index (χ2v) is 11.7. The van der Waals surface area contributed by atoms with E-state index in [0.29, 0.717) is 13.2 Å². The molecule has 40 heavy (non-hydrogen) atoms. The van der Waals surface area contributed by atoms with E-state index in [1.54, 1.807) is 0 Å². The minimum absolute atomic E-state index is 0.00375. The van der Waals surface area contributed by atoms with E-state index >= 15 is 0 Å². The van der Waals surface area contributed by atoms with Crippen molar-refractivity contribution in [2.75, 3.05) is 13.2 Å². The van der Waals surface area contributed by atoms with Crippen LogP contribution in [-0.4, -0.2) is 25.2 Å². The zero-order chi connectivity index (χ0) is 29.5. The highest BCUT2D eigenvalue weighted by atomic mass is 16.5. The number of carbonyl (C=O) groups is 2. The molecular weight excluding hydrogens is 496 g/mol. The molecule has 4 heteroatoms. The molecular formula is C36H66O4. The maximum atomic E-state index is 12.2. The van der Waals surface area contributed by atoms with E-state index < -0.39 is 11.9 Å². The molecule has 4 nitrogen and oxygen atoms in total. The first-order valence-corrected chi connectivity index (χ1v) is 17.3. The van der Waals surface area contributed by atoms with E-state index in [4.69, 9.17) is 9.47 Å². The molecule has 234 valence electrons. The topological polar surface area (TPSA) is 52.6 Å². The predicted molar refractivity (Wildman–Crippen MR) is 172 cm³/mol. The van der Waals surface area contributed by atoms with Gasteiger partial charge in [0.1, 0.15) is 0 Å². The fourth-order valence-electron chi connectivity index (χ4n) is 4.99. The highest BCUT2D eigenvalue weighted by molar-refractivity contribution is 6.06.